The summed E-state index contributed by atoms with van der Waals surface area (Å²) >= 11 is 0. The second-order valence-corrected chi connectivity index (χ2v) is 12.3. The highest BCUT2D eigenvalue weighted by Crippen LogP contribution is 2.47. The Morgan fingerprint density at radius 2 is 1.58 bits per heavy atom. The highest BCUT2D eigenvalue weighted by atomic mass is 31.2. The molecular weight excluding hydrogens is 433 g/mol. The van der Waals surface area contributed by atoms with E-state index >= 15 is 0 Å². The van der Waals surface area contributed by atoms with Gasteiger partial charge in [-0.1, -0.05) is 39.0 Å². The van der Waals surface area contributed by atoms with Crippen LogP contribution >= 0.6 is 7.60 Å². The van der Waals surface area contributed by atoms with Crippen LogP contribution in [0.5, 0.6) is 5.75 Å². The molecule has 2 aromatic carbocycles. The minimum atomic E-state index is -2.99. The molecule has 1 N–H and O–H groups in total. The van der Waals surface area contributed by atoms with Crippen molar-refractivity contribution < 1.29 is 18.3 Å². The fraction of sp³-hybridized carbons (Fsp3) is 0.630. The van der Waals surface area contributed by atoms with E-state index in [1.807, 2.05) is 13.8 Å². The average molecular weight is 476 g/mol. The molecule has 1 aliphatic carbocycles. The first kappa shape index (κ1) is 26.2. The first-order valence-corrected chi connectivity index (χ1v) is 14.2. The Balaban J connectivity index is 1.51. The van der Waals surface area contributed by atoms with Gasteiger partial charge in [0.05, 0.1) is 25.5 Å². The highest BCUT2D eigenvalue weighted by Gasteiger charge is 2.30. The lowest BCUT2D eigenvalue weighted by molar-refractivity contribution is 0.0883. The summed E-state index contributed by atoms with van der Waals surface area (Å²) in [7, 11) is -2.99. The third kappa shape index (κ3) is 7.82. The highest BCUT2D eigenvalue weighted by molar-refractivity contribution is 7.53. The third-order valence-corrected chi connectivity index (χ3v) is 8.70. The molecule has 0 bridgehead atoms. The summed E-state index contributed by atoms with van der Waals surface area (Å²) in [5.74, 6) is 1.77. The molecule has 6 heteroatoms. The Morgan fingerprint density at radius 1 is 0.939 bits per heavy atom. The number of nitrogens with one attached hydrogen (secondary N) is 1. The van der Waals surface area contributed by atoms with Crippen LogP contribution < -0.4 is 10.1 Å². The largest absolute Gasteiger partial charge is 0.490 e. The normalized spacial score (nSPS) is 19.7. The second kappa shape index (κ2) is 11.8. The summed E-state index contributed by atoms with van der Waals surface area (Å²) in [6.45, 7) is 12.8. The first-order valence-electron chi connectivity index (χ1n) is 12.5. The monoisotopic (exact) mass is 475 g/mol. The lowest BCUT2D eigenvalue weighted by Crippen LogP contribution is -2.30. The van der Waals surface area contributed by atoms with Crippen molar-refractivity contribution in [2.45, 2.75) is 73.0 Å². The van der Waals surface area contributed by atoms with Crippen LogP contribution in [0.3, 0.4) is 0 Å². The molecule has 0 radical (unpaired) electrons. The van der Waals surface area contributed by atoms with Gasteiger partial charge < -0.3 is 19.1 Å². The lowest BCUT2D eigenvalue weighted by atomic mass is 9.72. The molecule has 3 rings (SSSR count). The number of benzene rings is 2. The van der Waals surface area contributed by atoms with E-state index < -0.39 is 7.60 Å². The van der Waals surface area contributed by atoms with Gasteiger partial charge in [-0.15, -0.1) is 0 Å². The van der Waals surface area contributed by atoms with Crippen LogP contribution in [-0.2, 0) is 20.2 Å². The summed E-state index contributed by atoms with van der Waals surface area (Å²) in [5, 5.41) is 5.75. The second-order valence-electron chi connectivity index (χ2n) is 10.1. The number of hydrogen-bond acceptors (Lipinski definition) is 5. The Hall–Kier alpha value is -1.39. The fourth-order valence-corrected chi connectivity index (χ4v) is 6.26. The Bertz CT molecular complexity index is 921. The minimum absolute atomic E-state index is 0.328. The maximum Gasteiger partial charge on any atom is 0.331 e. The molecule has 5 nitrogen and oxygen atoms in total. The van der Waals surface area contributed by atoms with Crippen LogP contribution in [0.25, 0.3) is 10.8 Å². The maximum atomic E-state index is 12.5. The molecule has 0 heterocycles. The predicted octanol–water partition coefficient (Wildman–Crippen LogP) is 7.18. The summed E-state index contributed by atoms with van der Waals surface area (Å²) in [6, 6.07) is 12.9. The van der Waals surface area contributed by atoms with Crippen molar-refractivity contribution in [3.63, 3.8) is 0 Å². The van der Waals surface area contributed by atoms with Gasteiger partial charge in [-0.2, -0.15) is 0 Å². The van der Waals surface area contributed by atoms with Crippen LogP contribution in [0.1, 0.15) is 65.9 Å². The zero-order chi connectivity index (χ0) is 23.9. The van der Waals surface area contributed by atoms with Crippen molar-refractivity contribution in [2.24, 2.45) is 11.3 Å². The molecule has 33 heavy (non-hydrogen) atoms. The van der Waals surface area contributed by atoms with Gasteiger partial charge in [0.25, 0.3) is 0 Å². The Labute approximate surface area is 200 Å². The molecule has 0 unspecified atom stereocenters. The average Bonchev–Trinajstić information content (AvgIpc) is 2.77. The maximum absolute atomic E-state index is 12.5. The first-order chi connectivity index (χ1) is 15.7. The molecule has 0 atom stereocenters. The number of fused-ring (bicyclic) bond motifs is 1. The van der Waals surface area contributed by atoms with Gasteiger partial charge in [-0.3, -0.25) is 4.57 Å². The summed E-state index contributed by atoms with van der Waals surface area (Å²) in [5.41, 5.74) is 1.59. The molecule has 0 saturated heterocycles. The van der Waals surface area contributed by atoms with Crippen molar-refractivity contribution in [1.82, 2.24) is 5.32 Å². The van der Waals surface area contributed by atoms with E-state index in [4.69, 9.17) is 13.8 Å². The van der Waals surface area contributed by atoms with E-state index in [2.05, 4.69) is 62.5 Å². The van der Waals surface area contributed by atoms with Crippen molar-refractivity contribution >= 4 is 18.4 Å². The Morgan fingerprint density at radius 3 is 2.21 bits per heavy atom. The molecule has 1 aliphatic rings. The third-order valence-electron chi connectivity index (χ3n) is 6.62. The molecular formula is C27H42NO4P. The van der Waals surface area contributed by atoms with Gasteiger partial charge >= 0.3 is 7.60 Å². The molecule has 0 amide bonds. The summed E-state index contributed by atoms with van der Waals surface area (Å²) in [6.07, 6.45) is 5.49. The minimum Gasteiger partial charge on any atom is -0.490 e. The van der Waals surface area contributed by atoms with Gasteiger partial charge in [0, 0.05) is 13.1 Å². The van der Waals surface area contributed by atoms with Gasteiger partial charge in [0.2, 0.25) is 0 Å². The Kier molecular flexibility index (Phi) is 9.41. The van der Waals surface area contributed by atoms with Gasteiger partial charge in [0.15, 0.2) is 0 Å². The number of ether oxygens (including phenoxy) is 1. The smallest absolute Gasteiger partial charge is 0.331 e. The van der Waals surface area contributed by atoms with E-state index in [0.717, 1.165) is 24.5 Å². The molecule has 0 aliphatic heterocycles. The van der Waals surface area contributed by atoms with Gasteiger partial charge in [0.1, 0.15) is 5.75 Å². The SMILES string of the molecule is CCOP(=O)(CCNCc1ccc2cc(OC3CCC(C(C)(C)C)CC3)ccc2c1)OCC. The molecule has 1 fully saturated rings. The van der Waals surface area contributed by atoms with E-state index in [0.29, 0.717) is 44.0 Å². The molecule has 1 saturated carbocycles. The zero-order valence-electron chi connectivity index (χ0n) is 21.1. The van der Waals surface area contributed by atoms with Gasteiger partial charge in [-0.25, -0.2) is 0 Å². The molecule has 184 valence electrons. The lowest BCUT2D eigenvalue weighted by Gasteiger charge is -2.37. The van der Waals surface area contributed by atoms with Crippen LogP contribution in [-0.4, -0.2) is 32.0 Å². The van der Waals surface area contributed by atoms with E-state index in [-0.39, 0.29) is 0 Å². The topological polar surface area (TPSA) is 56.8 Å². The van der Waals surface area contributed by atoms with Crippen molar-refractivity contribution in [3.05, 3.63) is 42.0 Å². The van der Waals surface area contributed by atoms with Crippen LogP contribution in [0.4, 0.5) is 0 Å². The molecule has 0 aromatic heterocycles. The van der Waals surface area contributed by atoms with E-state index in [1.165, 1.54) is 29.2 Å². The standard InChI is InChI=1S/C27H42NO4P/c1-6-30-33(29,31-7-2)17-16-28-20-21-8-9-23-19-26(13-10-22(23)18-21)32-25-14-11-24(12-15-25)27(3,4)5/h8-10,13,18-19,24-25,28H,6-7,11-12,14-17,20H2,1-5H3. The number of rotatable bonds is 11. The number of hydrogen-bond donors (Lipinski definition) is 1. The zero-order valence-corrected chi connectivity index (χ0v) is 22.0. The van der Waals surface area contributed by atoms with Crippen LogP contribution in [0.2, 0.25) is 0 Å². The van der Waals surface area contributed by atoms with E-state index in [1.54, 1.807) is 0 Å². The van der Waals surface area contributed by atoms with E-state index in [9.17, 15) is 4.57 Å². The van der Waals surface area contributed by atoms with Crippen LogP contribution in [0.15, 0.2) is 36.4 Å². The van der Waals surface area contributed by atoms with Crippen LogP contribution in [0, 0.1) is 11.3 Å². The molecule has 0 spiro atoms. The summed E-state index contributed by atoms with van der Waals surface area (Å²) in [4.78, 5) is 0. The van der Waals surface area contributed by atoms with Crippen molar-refractivity contribution in [1.29, 1.82) is 0 Å². The fourth-order valence-electron chi connectivity index (χ4n) is 4.70. The van der Waals surface area contributed by atoms with Crippen molar-refractivity contribution in [2.75, 3.05) is 25.9 Å². The van der Waals surface area contributed by atoms with Crippen molar-refractivity contribution in [3.8, 4) is 5.75 Å². The predicted molar refractivity (Wildman–Crippen MR) is 137 cm³/mol. The van der Waals surface area contributed by atoms with Gasteiger partial charge in [-0.05, 0) is 85.4 Å². The quantitative estimate of drug-likeness (QED) is 0.276. The molecule has 2 aromatic rings. The summed E-state index contributed by atoms with van der Waals surface area (Å²) < 4.78 is 29.6.